The summed E-state index contributed by atoms with van der Waals surface area (Å²) in [5.41, 5.74) is 7.56. The highest BCUT2D eigenvalue weighted by atomic mass is 32.1. The molecule has 1 aromatic rings. The zero-order valence-electron chi connectivity index (χ0n) is 12.7. The summed E-state index contributed by atoms with van der Waals surface area (Å²) in [5, 5.41) is 3.68. The first-order chi connectivity index (χ1) is 8.67. The first-order valence-corrected chi connectivity index (χ1v) is 7.84. The Bertz CT molecular complexity index is 481. The molecule has 2 nitrogen and oxygen atoms in total. The summed E-state index contributed by atoms with van der Waals surface area (Å²) in [6.07, 6.45) is 4.43. The monoisotopic (exact) mass is 278 g/mol. The van der Waals surface area contributed by atoms with Gasteiger partial charge >= 0.3 is 0 Å². The largest absolute Gasteiger partial charge is 0.328 e. The van der Waals surface area contributed by atoms with Gasteiger partial charge in [-0.15, -0.1) is 11.3 Å². The van der Waals surface area contributed by atoms with Crippen molar-refractivity contribution in [3.8, 4) is 0 Å². The molecule has 0 aromatic carbocycles. The van der Waals surface area contributed by atoms with Gasteiger partial charge in [-0.05, 0) is 65.2 Å². The van der Waals surface area contributed by atoms with Crippen LogP contribution in [0.2, 0.25) is 0 Å². The van der Waals surface area contributed by atoms with Gasteiger partial charge in [0.25, 0.3) is 0 Å². The maximum absolute atomic E-state index is 5.88. The molecule has 2 heterocycles. The third kappa shape index (κ3) is 3.91. The van der Waals surface area contributed by atoms with Gasteiger partial charge in [-0.25, -0.2) is 0 Å². The molecule has 0 aliphatic carbocycles. The van der Waals surface area contributed by atoms with Crippen LogP contribution in [0.15, 0.2) is 18.2 Å². The van der Waals surface area contributed by atoms with E-state index in [2.05, 4.69) is 58.1 Å². The van der Waals surface area contributed by atoms with Crippen molar-refractivity contribution in [1.29, 1.82) is 0 Å². The highest BCUT2D eigenvalue weighted by Crippen LogP contribution is 2.36. The Morgan fingerprint density at radius 1 is 1.32 bits per heavy atom. The second kappa shape index (κ2) is 5.04. The highest BCUT2D eigenvalue weighted by Gasteiger charge is 2.32. The minimum Gasteiger partial charge on any atom is -0.328 e. The molecule has 1 aliphatic rings. The van der Waals surface area contributed by atoms with E-state index in [-0.39, 0.29) is 17.1 Å². The van der Waals surface area contributed by atoms with Crippen LogP contribution in [0.5, 0.6) is 0 Å². The lowest BCUT2D eigenvalue weighted by atomic mass is 9.83. The molecule has 2 rings (SSSR count). The van der Waals surface area contributed by atoms with E-state index in [1.54, 1.807) is 0 Å². The number of hydrogen-bond donors (Lipinski definition) is 2. The summed E-state index contributed by atoms with van der Waals surface area (Å²) >= 11 is 1.89. The van der Waals surface area contributed by atoms with Gasteiger partial charge in [-0.1, -0.05) is 6.08 Å². The van der Waals surface area contributed by atoms with Gasteiger partial charge in [0.1, 0.15) is 0 Å². The van der Waals surface area contributed by atoms with Gasteiger partial charge in [0.05, 0.1) is 0 Å². The van der Waals surface area contributed by atoms with Crippen LogP contribution in [0.4, 0.5) is 0 Å². The summed E-state index contributed by atoms with van der Waals surface area (Å²) < 4.78 is 0. The van der Waals surface area contributed by atoms with Crippen LogP contribution in [0.25, 0.3) is 5.57 Å². The molecule has 0 radical (unpaired) electrons. The van der Waals surface area contributed by atoms with Crippen molar-refractivity contribution in [2.75, 3.05) is 0 Å². The number of nitrogens with two attached hydrogens (primary N) is 1. The number of hydrogen-bond acceptors (Lipinski definition) is 3. The molecular formula is C16H26N2S. The second-order valence-electron chi connectivity index (χ2n) is 7.02. The van der Waals surface area contributed by atoms with Crippen molar-refractivity contribution in [3.63, 3.8) is 0 Å². The Hall–Kier alpha value is -0.640. The molecule has 0 saturated heterocycles. The lowest BCUT2D eigenvalue weighted by Gasteiger charge is -2.41. The van der Waals surface area contributed by atoms with Gasteiger partial charge in [-0.3, -0.25) is 0 Å². The molecule has 1 unspecified atom stereocenters. The first-order valence-electron chi connectivity index (χ1n) is 7.03. The standard InChI is InChI=1S/C16H26N2S/c1-11(17)8-13-6-7-14(19-13)12-9-15(2,3)18-16(4,5)10-12/h6-7,9,11,18H,8,10,17H2,1-5H3. The van der Waals surface area contributed by atoms with Crippen LogP contribution < -0.4 is 11.1 Å². The molecule has 3 heteroatoms. The molecule has 3 N–H and O–H groups in total. The van der Waals surface area contributed by atoms with Gasteiger partial charge in [0.15, 0.2) is 0 Å². The molecule has 1 aromatic heterocycles. The predicted octanol–water partition coefficient (Wildman–Crippen LogP) is 3.57. The summed E-state index contributed by atoms with van der Waals surface area (Å²) in [6, 6.07) is 4.72. The summed E-state index contributed by atoms with van der Waals surface area (Å²) in [5.74, 6) is 0. The average molecular weight is 278 g/mol. The molecule has 0 fully saturated rings. The van der Waals surface area contributed by atoms with Gasteiger partial charge in [0.2, 0.25) is 0 Å². The molecule has 0 bridgehead atoms. The quantitative estimate of drug-likeness (QED) is 0.887. The maximum atomic E-state index is 5.88. The lowest BCUT2D eigenvalue weighted by Crippen LogP contribution is -2.53. The fourth-order valence-corrected chi connectivity index (χ4v) is 4.21. The van der Waals surface area contributed by atoms with Crippen molar-refractivity contribution in [3.05, 3.63) is 28.0 Å². The fraction of sp³-hybridized carbons (Fsp3) is 0.625. The predicted molar refractivity (Wildman–Crippen MR) is 85.6 cm³/mol. The van der Waals surface area contributed by atoms with Crippen LogP contribution in [-0.2, 0) is 6.42 Å². The van der Waals surface area contributed by atoms with Crippen LogP contribution >= 0.6 is 11.3 Å². The molecular weight excluding hydrogens is 252 g/mol. The minimum absolute atomic E-state index is 0.0579. The normalized spacial score (nSPS) is 22.9. The smallest absolute Gasteiger partial charge is 0.0318 e. The van der Waals surface area contributed by atoms with Crippen LogP contribution in [0.3, 0.4) is 0 Å². The molecule has 0 saturated carbocycles. The first kappa shape index (κ1) is 14.8. The topological polar surface area (TPSA) is 38.0 Å². The van der Waals surface area contributed by atoms with E-state index in [9.17, 15) is 0 Å². The van der Waals surface area contributed by atoms with E-state index in [4.69, 9.17) is 5.73 Å². The van der Waals surface area contributed by atoms with Crippen LogP contribution in [-0.4, -0.2) is 17.1 Å². The summed E-state index contributed by atoms with van der Waals surface area (Å²) in [6.45, 7) is 11.1. The van der Waals surface area contributed by atoms with Crippen LogP contribution in [0, 0.1) is 0 Å². The minimum atomic E-state index is 0.0579. The Morgan fingerprint density at radius 2 is 2.00 bits per heavy atom. The number of thiophene rings is 1. The van der Waals surface area contributed by atoms with E-state index in [0.29, 0.717) is 0 Å². The molecule has 0 spiro atoms. The maximum Gasteiger partial charge on any atom is 0.0318 e. The number of rotatable bonds is 3. The summed E-state index contributed by atoms with van der Waals surface area (Å²) in [4.78, 5) is 2.79. The van der Waals surface area contributed by atoms with Crippen molar-refractivity contribution in [2.45, 2.75) is 64.6 Å². The van der Waals surface area contributed by atoms with Crippen molar-refractivity contribution >= 4 is 16.9 Å². The van der Waals surface area contributed by atoms with Gasteiger partial charge in [0, 0.05) is 26.9 Å². The zero-order valence-corrected chi connectivity index (χ0v) is 13.5. The van der Waals surface area contributed by atoms with E-state index >= 15 is 0 Å². The Kier molecular flexibility index (Phi) is 3.92. The van der Waals surface area contributed by atoms with Gasteiger partial charge < -0.3 is 11.1 Å². The van der Waals surface area contributed by atoms with E-state index in [0.717, 1.165) is 12.8 Å². The molecule has 0 amide bonds. The third-order valence-electron chi connectivity index (χ3n) is 3.33. The lowest BCUT2D eigenvalue weighted by molar-refractivity contribution is 0.297. The Balaban J connectivity index is 2.26. The average Bonchev–Trinajstić information content (AvgIpc) is 2.59. The SMILES string of the molecule is CC(N)Cc1ccc(C2=CC(C)(C)NC(C)(C)C2)s1. The highest BCUT2D eigenvalue weighted by molar-refractivity contribution is 7.13. The fourth-order valence-electron chi connectivity index (χ4n) is 3.05. The van der Waals surface area contributed by atoms with Crippen molar-refractivity contribution in [2.24, 2.45) is 5.73 Å². The van der Waals surface area contributed by atoms with Crippen molar-refractivity contribution in [1.82, 2.24) is 5.32 Å². The van der Waals surface area contributed by atoms with E-state index in [1.165, 1.54) is 15.3 Å². The van der Waals surface area contributed by atoms with E-state index in [1.807, 2.05) is 11.3 Å². The molecule has 1 atom stereocenters. The summed E-state index contributed by atoms with van der Waals surface area (Å²) in [7, 11) is 0. The van der Waals surface area contributed by atoms with Crippen LogP contribution in [0.1, 0.15) is 50.8 Å². The molecule has 106 valence electrons. The Morgan fingerprint density at radius 3 is 2.58 bits per heavy atom. The third-order valence-corrected chi connectivity index (χ3v) is 4.51. The Labute approximate surface area is 121 Å². The molecule has 1 aliphatic heterocycles. The zero-order chi connectivity index (χ0) is 14.3. The van der Waals surface area contributed by atoms with Gasteiger partial charge in [-0.2, -0.15) is 0 Å². The van der Waals surface area contributed by atoms with Crippen molar-refractivity contribution < 1.29 is 0 Å². The van der Waals surface area contributed by atoms with E-state index < -0.39 is 0 Å². The number of nitrogens with one attached hydrogen (secondary N) is 1. The molecule has 19 heavy (non-hydrogen) atoms. The second-order valence-corrected chi connectivity index (χ2v) is 8.19.